The first-order valence-corrected chi connectivity index (χ1v) is 9.27. The van der Waals surface area contributed by atoms with Gasteiger partial charge in [0.05, 0.1) is 5.69 Å². The molecule has 1 saturated heterocycles. The molecular weight excluding hydrogens is 356 g/mol. The topological polar surface area (TPSA) is 102 Å². The number of phenolic OH excluding ortho intramolecular Hbond substituents is 1. The van der Waals surface area contributed by atoms with Crippen LogP contribution < -0.4 is 21.3 Å². The molecule has 1 unspecified atom stereocenters. The number of anilines is 1. The molecule has 0 spiro atoms. The van der Waals surface area contributed by atoms with Gasteiger partial charge in [0, 0.05) is 24.3 Å². The van der Waals surface area contributed by atoms with Gasteiger partial charge in [-0.1, -0.05) is 18.2 Å². The van der Waals surface area contributed by atoms with Gasteiger partial charge in [0.15, 0.2) is 5.82 Å². The molecule has 0 aliphatic carbocycles. The normalized spacial score (nSPS) is 16.6. The zero-order valence-electron chi connectivity index (χ0n) is 15.3. The molecule has 0 radical (unpaired) electrons. The van der Waals surface area contributed by atoms with E-state index in [2.05, 4.69) is 10.3 Å². The second-order valence-corrected chi connectivity index (χ2v) is 6.82. The van der Waals surface area contributed by atoms with E-state index in [1.165, 1.54) is 0 Å². The predicted molar refractivity (Wildman–Crippen MR) is 108 cm³/mol. The second kappa shape index (κ2) is 7.74. The summed E-state index contributed by atoms with van der Waals surface area (Å²) in [6.07, 6.45) is 3.54. The van der Waals surface area contributed by atoms with Crippen molar-refractivity contribution >= 4 is 5.82 Å². The summed E-state index contributed by atoms with van der Waals surface area (Å²) in [5.74, 6) is 1.19. The Hall–Kier alpha value is -3.32. The van der Waals surface area contributed by atoms with E-state index in [-0.39, 0.29) is 23.2 Å². The van der Waals surface area contributed by atoms with Crippen LogP contribution in [0.15, 0.2) is 59.5 Å². The molecule has 1 aliphatic heterocycles. The van der Waals surface area contributed by atoms with Crippen LogP contribution in [-0.4, -0.2) is 27.7 Å². The zero-order valence-corrected chi connectivity index (χ0v) is 15.3. The Labute approximate surface area is 162 Å². The van der Waals surface area contributed by atoms with E-state index in [0.29, 0.717) is 29.3 Å². The van der Waals surface area contributed by atoms with E-state index in [4.69, 9.17) is 10.5 Å². The molecule has 0 amide bonds. The van der Waals surface area contributed by atoms with Gasteiger partial charge in [0.1, 0.15) is 17.2 Å². The number of hydrogen-bond acceptors (Lipinski definition) is 6. The Balaban J connectivity index is 1.73. The highest BCUT2D eigenvalue weighted by Crippen LogP contribution is 2.33. The lowest BCUT2D eigenvalue weighted by Crippen LogP contribution is -2.37. The molecule has 144 valence electrons. The summed E-state index contributed by atoms with van der Waals surface area (Å²) >= 11 is 0. The van der Waals surface area contributed by atoms with Crippen LogP contribution in [0.2, 0.25) is 0 Å². The minimum absolute atomic E-state index is 0.0104. The van der Waals surface area contributed by atoms with Crippen molar-refractivity contribution in [1.29, 1.82) is 0 Å². The fraction of sp³-hybridized carbons (Fsp3) is 0.238. The number of phenols is 1. The maximum atomic E-state index is 12.5. The van der Waals surface area contributed by atoms with Gasteiger partial charge >= 0.3 is 0 Å². The summed E-state index contributed by atoms with van der Waals surface area (Å²) in [5, 5.41) is 13.7. The smallest absolute Gasteiger partial charge is 0.293 e. The summed E-state index contributed by atoms with van der Waals surface area (Å²) in [5.41, 5.74) is 6.47. The van der Waals surface area contributed by atoms with Crippen LogP contribution in [-0.2, 0) is 0 Å². The third kappa shape index (κ3) is 3.70. The summed E-state index contributed by atoms with van der Waals surface area (Å²) in [6.45, 7) is 1.64. The third-order valence-electron chi connectivity index (χ3n) is 4.84. The number of nitrogens with zero attached hydrogens (tertiary/aromatic N) is 2. The van der Waals surface area contributed by atoms with Gasteiger partial charge in [0.2, 0.25) is 0 Å². The minimum atomic E-state index is -0.311. The van der Waals surface area contributed by atoms with Crippen LogP contribution >= 0.6 is 0 Å². The van der Waals surface area contributed by atoms with Crippen LogP contribution in [0, 0.1) is 0 Å². The Bertz CT molecular complexity index is 1030. The maximum Gasteiger partial charge on any atom is 0.293 e. The highest BCUT2D eigenvalue weighted by Gasteiger charge is 2.19. The fourth-order valence-electron chi connectivity index (χ4n) is 3.41. The lowest BCUT2D eigenvalue weighted by atomic mass is 10.1. The number of rotatable bonds is 4. The Morgan fingerprint density at radius 1 is 1.18 bits per heavy atom. The molecule has 7 nitrogen and oxygen atoms in total. The molecule has 3 aromatic rings. The number of nitrogen functional groups attached to an aromatic ring is 1. The quantitative estimate of drug-likeness (QED) is 0.645. The van der Waals surface area contributed by atoms with Crippen molar-refractivity contribution in [2.45, 2.75) is 18.9 Å². The Kier molecular flexibility index (Phi) is 4.99. The van der Waals surface area contributed by atoms with Crippen molar-refractivity contribution < 1.29 is 9.84 Å². The summed E-state index contributed by atoms with van der Waals surface area (Å²) in [6, 6.07) is 14.3. The molecule has 7 heteroatoms. The number of benzene rings is 2. The lowest BCUT2D eigenvalue weighted by molar-refractivity contribution is 0.364. The first-order valence-electron chi connectivity index (χ1n) is 9.27. The average Bonchev–Trinajstić information content (AvgIpc) is 2.73. The Morgan fingerprint density at radius 2 is 2.00 bits per heavy atom. The molecule has 1 aromatic heterocycles. The summed E-state index contributed by atoms with van der Waals surface area (Å²) in [4.78, 5) is 16.7. The van der Waals surface area contributed by atoms with Crippen molar-refractivity contribution in [2.75, 3.05) is 18.8 Å². The van der Waals surface area contributed by atoms with Gasteiger partial charge in [-0.3, -0.25) is 4.79 Å². The number of piperidine rings is 1. The molecule has 1 fully saturated rings. The van der Waals surface area contributed by atoms with Crippen LogP contribution in [0.1, 0.15) is 18.9 Å². The molecule has 2 aromatic carbocycles. The fourth-order valence-corrected chi connectivity index (χ4v) is 3.41. The zero-order chi connectivity index (χ0) is 19.5. The largest absolute Gasteiger partial charge is 0.507 e. The first-order chi connectivity index (χ1) is 13.6. The van der Waals surface area contributed by atoms with Gasteiger partial charge in [-0.05, 0) is 49.7 Å². The van der Waals surface area contributed by atoms with E-state index in [0.717, 1.165) is 19.4 Å². The number of para-hydroxylation sites is 1. The van der Waals surface area contributed by atoms with E-state index in [1.807, 2.05) is 30.3 Å². The lowest BCUT2D eigenvalue weighted by Gasteiger charge is -2.25. The number of nitrogens with one attached hydrogen (secondary N) is 1. The number of hydrogen-bond donors (Lipinski definition) is 3. The van der Waals surface area contributed by atoms with Gasteiger partial charge in [-0.25, -0.2) is 4.98 Å². The summed E-state index contributed by atoms with van der Waals surface area (Å²) < 4.78 is 7.47. The molecule has 2 heterocycles. The van der Waals surface area contributed by atoms with Gasteiger partial charge in [-0.15, -0.1) is 0 Å². The standard InChI is InChI=1S/C21H22N4O3/c22-20-21(27)25(14-5-4-10-23-12-14)13-18(24-20)17-11-16(8-9-19(17)26)28-15-6-2-1-3-7-15/h1-3,6-9,11,13-14,23,26H,4-5,10,12H2,(H2,22,24). The van der Waals surface area contributed by atoms with E-state index in [1.54, 1.807) is 29.0 Å². The molecular formula is C21H22N4O3. The van der Waals surface area contributed by atoms with Crippen molar-refractivity contribution in [3.63, 3.8) is 0 Å². The van der Waals surface area contributed by atoms with Crippen LogP contribution in [0.5, 0.6) is 17.2 Å². The second-order valence-electron chi connectivity index (χ2n) is 6.82. The van der Waals surface area contributed by atoms with Gasteiger partial charge in [-0.2, -0.15) is 0 Å². The SMILES string of the molecule is Nc1nc(-c2cc(Oc3ccccc3)ccc2O)cn(C2CCCNC2)c1=O. The molecule has 0 bridgehead atoms. The maximum absolute atomic E-state index is 12.5. The number of aromatic nitrogens is 2. The molecule has 4 rings (SSSR count). The van der Waals surface area contributed by atoms with Crippen molar-refractivity contribution in [3.8, 4) is 28.5 Å². The minimum Gasteiger partial charge on any atom is -0.507 e. The third-order valence-corrected chi connectivity index (χ3v) is 4.84. The number of nitrogens with two attached hydrogens (primary N) is 1. The van der Waals surface area contributed by atoms with Crippen LogP contribution in [0.3, 0.4) is 0 Å². The van der Waals surface area contributed by atoms with Crippen molar-refractivity contribution in [1.82, 2.24) is 14.9 Å². The average molecular weight is 378 g/mol. The van der Waals surface area contributed by atoms with E-state index < -0.39 is 0 Å². The Morgan fingerprint density at radius 3 is 2.75 bits per heavy atom. The van der Waals surface area contributed by atoms with Gasteiger partial charge in [0.25, 0.3) is 5.56 Å². The van der Waals surface area contributed by atoms with Crippen LogP contribution in [0.4, 0.5) is 5.82 Å². The molecule has 28 heavy (non-hydrogen) atoms. The van der Waals surface area contributed by atoms with Crippen molar-refractivity contribution in [3.05, 3.63) is 65.1 Å². The predicted octanol–water partition coefficient (Wildman–Crippen LogP) is 2.91. The molecule has 1 atom stereocenters. The van der Waals surface area contributed by atoms with E-state index >= 15 is 0 Å². The highest BCUT2D eigenvalue weighted by atomic mass is 16.5. The van der Waals surface area contributed by atoms with Crippen LogP contribution in [0.25, 0.3) is 11.3 Å². The molecule has 0 saturated carbocycles. The number of aromatic hydroxyl groups is 1. The highest BCUT2D eigenvalue weighted by molar-refractivity contribution is 5.69. The summed E-state index contributed by atoms with van der Waals surface area (Å²) in [7, 11) is 0. The van der Waals surface area contributed by atoms with Gasteiger partial charge < -0.3 is 25.5 Å². The first kappa shape index (κ1) is 18.1. The molecule has 4 N–H and O–H groups in total. The van der Waals surface area contributed by atoms with Crippen molar-refractivity contribution in [2.24, 2.45) is 0 Å². The molecule has 1 aliphatic rings. The van der Waals surface area contributed by atoms with E-state index in [9.17, 15) is 9.90 Å². The number of ether oxygens (including phenoxy) is 1. The monoisotopic (exact) mass is 378 g/mol.